The van der Waals surface area contributed by atoms with Gasteiger partial charge in [-0.05, 0) is 62.0 Å². The zero-order valence-electron chi connectivity index (χ0n) is 16.8. The van der Waals surface area contributed by atoms with Gasteiger partial charge in [0.2, 0.25) is 5.91 Å². The molecule has 0 radical (unpaired) electrons. The fourth-order valence-corrected chi connectivity index (χ4v) is 6.75. The molecule has 3 fully saturated rings. The summed E-state index contributed by atoms with van der Waals surface area (Å²) in [5.41, 5.74) is 3.61. The summed E-state index contributed by atoms with van der Waals surface area (Å²) in [5, 5.41) is 14.6. The van der Waals surface area contributed by atoms with Crippen LogP contribution in [0.5, 0.6) is 0 Å². The van der Waals surface area contributed by atoms with Gasteiger partial charge in [0.05, 0.1) is 23.7 Å². The van der Waals surface area contributed by atoms with Crippen molar-refractivity contribution in [3.05, 3.63) is 23.5 Å². The molecule has 2 saturated carbocycles. The van der Waals surface area contributed by atoms with Crippen molar-refractivity contribution < 1.29 is 9.90 Å². The quantitative estimate of drug-likeness (QED) is 0.760. The molecule has 0 spiro atoms. The first-order chi connectivity index (χ1) is 13.7. The Hall–Kier alpha value is -1.62. The smallest absolute Gasteiger partial charge is 0.222 e. The lowest BCUT2D eigenvalue weighted by Crippen LogP contribution is -2.51. The Kier molecular flexibility index (Phi) is 4.82. The van der Waals surface area contributed by atoms with Gasteiger partial charge in [0.1, 0.15) is 0 Å². The van der Waals surface area contributed by atoms with Crippen LogP contribution in [-0.4, -0.2) is 40.5 Å². The lowest BCUT2D eigenvalue weighted by Gasteiger charge is -2.56. The predicted octanol–water partition coefficient (Wildman–Crippen LogP) is 3.78. The van der Waals surface area contributed by atoms with Gasteiger partial charge in [0.25, 0.3) is 0 Å². The van der Waals surface area contributed by atoms with Crippen molar-refractivity contribution >= 4 is 11.6 Å². The van der Waals surface area contributed by atoms with Crippen LogP contribution in [0.4, 0.5) is 5.69 Å². The van der Waals surface area contributed by atoms with Gasteiger partial charge in [0, 0.05) is 31.5 Å². The summed E-state index contributed by atoms with van der Waals surface area (Å²) in [6.45, 7) is 2.62. The molecular formula is C23H33N3O2. The van der Waals surface area contributed by atoms with Gasteiger partial charge in [0.15, 0.2) is 0 Å². The maximum atomic E-state index is 11.7. The van der Waals surface area contributed by atoms with E-state index >= 15 is 0 Å². The molecule has 2 heterocycles. The Bertz CT molecular complexity index is 747. The van der Waals surface area contributed by atoms with Gasteiger partial charge >= 0.3 is 0 Å². The van der Waals surface area contributed by atoms with Crippen molar-refractivity contribution in [3.8, 4) is 0 Å². The SMILES string of the molecule is O=C1CCCN1CCCNc1cnc2c(c1)[C@]13CCCC[C@@H]1[C@@H](CCC3)[C@H]2O. The van der Waals surface area contributed by atoms with Crippen LogP contribution in [0.2, 0.25) is 0 Å². The van der Waals surface area contributed by atoms with E-state index in [1.807, 2.05) is 11.1 Å². The zero-order chi connectivity index (χ0) is 19.1. The van der Waals surface area contributed by atoms with Gasteiger partial charge in [-0.3, -0.25) is 9.78 Å². The fraction of sp³-hybridized carbons (Fsp3) is 0.739. The first kappa shape index (κ1) is 18.4. The maximum Gasteiger partial charge on any atom is 0.222 e. The van der Waals surface area contributed by atoms with E-state index in [9.17, 15) is 9.90 Å². The van der Waals surface area contributed by atoms with Crippen molar-refractivity contribution in [1.29, 1.82) is 0 Å². The average molecular weight is 384 g/mol. The summed E-state index contributed by atoms with van der Waals surface area (Å²) in [6.07, 6.45) is 13.0. The fourth-order valence-electron chi connectivity index (χ4n) is 6.75. The van der Waals surface area contributed by atoms with E-state index in [2.05, 4.69) is 11.4 Å². The number of aromatic nitrogens is 1. The molecule has 3 aliphatic carbocycles. The number of amides is 1. The summed E-state index contributed by atoms with van der Waals surface area (Å²) in [6, 6.07) is 2.30. The number of carbonyl (C=O) groups excluding carboxylic acids is 1. The zero-order valence-corrected chi connectivity index (χ0v) is 16.8. The lowest BCUT2D eigenvalue weighted by molar-refractivity contribution is -0.127. The number of hydrogen-bond acceptors (Lipinski definition) is 4. The Morgan fingerprint density at radius 3 is 2.96 bits per heavy atom. The molecule has 152 valence electrons. The second kappa shape index (κ2) is 7.33. The summed E-state index contributed by atoms with van der Waals surface area (Å²) in [4.78, 5) is 18.5. The largest absolute Gasteiger partial charge is 0.386 e. The minimum Gasteiger partial charge on any atom is -0.386 e. The van der Waals surface area contributed by atoms with Gasteiger partial charge < -0.3 is 15.3 Å². The van der Waals surface area contributed by atoms with Gasteiger partial charge in [-0.2, -0.15) is 0 Å². The van der Waals surface area contributed by atoms with E-state index in [1.54, 1.807) is 0 Å². The molecule has 1 aromatic rings. The number of rotatable bonds is 5. The Morgan fingerprint density at radius 1 is 1.21 bits per heavy atom. The highest BCUT2D eigenvalue weighted by molar-refractivity contribution is 5.78. The van der Waals surface area contributed by atoms with Crippen LogP contribution >= 0.6 is 0 Å². The minimum atomic E-state index is -0.387. The number of pyridine rings is 1. The lowest BCUT2D eigenvalue weighted by atomic mass is 9.49. The minimum absolute atomic E-state index is 0.252. The molecule has 2 bridgehead atoms. The molecule has 28 heavy (non-hydrogen) atoms. The third kappa shape index (κ3) is 2.94. The van der Waals surface area contributed by atoms with Crippen LogP contribution in [0.3, 0.4) is 0 Å². The highest BCUT2D eigenvalue weighted by atomic mass is 16.3. The van der Waals surface area contributed by atoms with Gasteiger partial charge in [-0.25, -0.2) is 0 Å². The molecule has 2 N–H and O–H groups in total. The number of hydrogen-bond donors (Lipinski definition) is 2. The molecule has 0 unspecified atom stereocenters. The van der Waals surface area contributed by atoms with Crippen molar-refractivity contribution in [2.45, 2.75) is 75.7 Å². The number of fused-ring (bicyclic) bond motifs is 1. The number of nitrogens with zero attached hydrogens (tertiary/aromatic N) is 2. The maximum absolute atomic E-state index is 11.7. The van der Waals surface area contributed by atoms with Crippen molar-refractivity contribution in [1.82, 2.24) is 9.88 Å². The normalized spacial score (nSPS) is 34.1. The molecule has 1 saturated heterocycles. The second-order valence-corrected chi connectivity index (χ2v) is 9.43. The first-order valence-corrected chi connectivity index (χ1v) is 11.4. The number of likely N-dealkylation sites (tertiary alicyclic amines) is 1. The van der Waals surface area contributed by atoms with E-state index in [1.165, 1.54) is 44.1 Å². The molecule has 5 heteroatoms. The van der Waals surface area contributed by atoms with Crippen LogP contribution in [0, 0.1) is 11.8 Å². The number of aliphatic hydroxyl groups is 1. The van der Waals surface area contributed by atoms with Crippen LogP contribution in [-0.2, 0) is 10.2 Å². The molecule has 1 amide bonds. The molecule has 4 atom stereocenters. The van der Waals surface area contributed by atoms with E-state index in [0.29, 0.717) is 17.7 Å². The van der Waals surface area contributed by atoms with Crippen molar-refractivity contribution in [3.63, 3.8) is 0 Å². The molecule has 5 nitrogen and oxygen atoms in total. The molecule has 5 rings (SSSR count). The average Bonchev–Trinajstić information content (AvgIpc) is 3.14. The second-order valence-electron chi connectivity index (χ2n) is 9.43. The summed E-state index contributed by atoms with van der Waals surface area (Å²) in [7, 11) is 0. The van der Waals surface area contributed by atoms with Crippen LogP contribution in [0.1, 0.15) is 81.6 Å². The van der Waals surface area contributed by atoms with E-state index < -0.39 is 0 Å². The Morgan fingerprint density at radius 2 is 2.11 bits per heavy atom. The molecular weight excluding hydrogens is 350 g/mol. The third-order valence-corrected chi connectivity index (χ3v) is 8.02. The van der Waals surface area contributed by atoms with Crippen LogP contribution in [0.25, 0.3) is 0 Å². The number of anilines is 1. The third-order valence-electron chi connectivity index (χ3n) is 8.02. The topological polar surface area (TPSA) is 65.5 Å². The molecule has 4 aliphatic rings. The summed E-state index contributed by atoms with van der Waals surface area (Å²) in [5.74, 6) is 1.35. The van der Waals surface area contributed by atoms with Crippen molar-refractivity contribution in [2.24, 2.45) is 11.8 Å². The highest BCUT2D eigenvalue weighted by Crippen LogP contribution is 2.61. The Labute approximate surface area is 167 Å². The Balaban J connectivity index is 1.32. The van der Waals surface area contributed by atoms with E-state index in [4.69, 9.17) is 4.98 Å². The van der Waals surface area contributed by atoms with Crippen molar-refractivity contribution in [2.75, 3.05) is 25.0 Å². The van der Waals surface area contributed by atoms with Crippen LogP contribution in [0.15, 0.2) is 12.3 Å². The number of nitrogens with one attached hydrogen (secondary N) is 1. The number of aliphatic hydroxyl groups excluding tert-OH is 1. The highest BCUT2D eigenvalue weighted by Gasteiger charge is 2.54. The van der Waals surface area contributed by atoms with Gasteiger partial charge in [-0.1, -0.05) is 19.3 Å². The van der Waals surface area contributed by atoms with Crippen LogP contribution < -0.4 is 5.32 Å². The summed E-state index contributed by atoms with van der Waals surface area (Å²) < 4.78 is 0. The molecule has 0 aromatic carbocycles. The molecule has 1 aliphatic heterocycles. The number of carbonyl (C=O) groups is 1. The van der Waals surface area contributed by atoms with Gasteiger partial charge in [-0.15, -0.1) is 0 Å². The standard InChI is InChI=1S/C23H33N3O2/c27-20-8-4-12-26(20)13-5-11-24-16-14-19-21(25-15-16)22(28)17-6-3-10-23(19)9-2-1-7-18(17)23/h14-15,17-18,22,24,28H,1-13H2/t17-,18-,22-,23+/m1/s1. The van der Waals surface area contributed by atoms with E-state index in [0.717, 1.165) is 56.7 Å². The molecule has 1 aromatic heterocycles. The van der Waals surface area contributed by atoms with E-state index in [-0.39, 0.29) is 11.5 Å². The first-order valence-electron chi connectivity index (χ1n) is 11.4. The predicted molar refractivity (Wildman–Crippen MR) is 109 cm³/mol. The summed E-state index contributed by atoms with van der Waals surface area (Å²) >= 11 is 0. The monoisotopic (exact) mass is 383 g/mol.